The predicted octanol–water partition coefficient (Wildman–Crippen LogP) is 3.72. The van der Waals surface area contributed by atoms with Crippen molar-refractivity contribution >= 4 is 0 Å². The van der Waals surface area contributed by atoms with E-state index in [9.17, 15) is 5.11 Å². The van der Waals surface area contributed by atoms with Gasteiger partial charge in [0.25, 0.3) is 0 Å². The van der Waals surface area contributed by atoms with Crippen molar-refractivity contribution in [3.05, 3.63) is 0 Å². The van der Waals surface area contributed by atoms with Crippen LogP contribution in [0, 0.1) is 11.8 Å². The molecule has 22 heavy (non-hydrogen) atoms. The minimum absolute atomic E-state index is 0.345. The molecule has 1 heterocycles. The molecule has 1 rings (SSSR count). The monoisotopic (exact) mass is 313 g/mol. The van der Waals surface area contributed by atoms with Gasteiger partial charge in [0, 0.05) is 13.0 Å². The molecule has 132 valence electrons. The predicted molar refractivity (Wildman–Crippen MR) is 95.8 cm³/mol. The molecule has 0 bridgehead atoms. The number of hydrogen-bond donors (Lipinski definition) is 1. The van der Waals surface area contributed by atoms with Gasteiger partial charge in [-0.15, -0.1) is 0 Å². The molecule has 1 aliphatic rings. The topological polar surface area (TPSA) is 23.5 Å². The van der Waals surface area contributed by atoms with Gasteiger partial charge in [-0.05, 0) is 57.0 Å². The van der Waals surface area contributed by atoms with Crippen molar-refractivity contribution in [3.8, 4) is 0 Å². The first-order chi connectivity index (χ1) is 10.5. The second-order valence-electron chi connectivity index (χ2n) is 8.27. The van der Waals surface area contributed by atoms with Gasteiger partial charge >= 0.3 is 0 Å². The highest BCUT2D eigenvalue weighted by atomic mass is 16.3. The van der Waals surface area contributed by atoms with Crippen LogP contribution >= 0.6 is 0 Å². The van der Waals surface area contributed by atoms with Crippen LogP contribution in [0.3, 0.4) is 0 Å². The average molecular weight is 314 g/mol. The molecule has 0 saturated carbocycles. The fraction of sp³-hybridized carbons (Fsp3) is 1.00. The van der Waals surface area contributed by atoms with Gasteiger partial charge < -0.3 is 14.5 Å². The zero-order chi connectivity index (χ0) is 16.4. The van der Waals surface area contributed by atoms with Gasteiger partial charge in [-0.1, -0.05) is 27.7 Å². The van der Waals surface area contributed by atoms with Crippen LogP contribution in [-0.4, -0.2) is 60.5 Å². The van der Waals surface area contributed by atoms with Crippen LogP contribution in [-0.2, 0) is 0 Å². The molecule has 1 aliphatic heterocycles. The summed E-state index contributed by atoms with van der Waals surface area (Å²) in [6, 6.07) is 0. The lowest BCUT2D eigenvalue weighted by atomic mass is 10.1. The highest BCUT2D eigenvalue weighted by molar-refractivity contribution is 4.62. The Labute approximate surface area is 139 Å². The molecule has 3 heteroatoms. The number of nitrogens with zero attached hydrogens (tertiary/aromatic N) is 2. The number of hydrogen-bond acceptors (Lipinski definition) is 2. The molecule has 0 unspecified atom stereocenters. The zero-order valence-corrected chi connectivity index (χ0v) is 15.7. The van der Waals surface area contributed by atoms with Crippen molar-refractivity contribution in [2.75, 3.05) is 46.0 Å². The van der Waals surface area contributed by atoms with E-state index in [0.717, 1.165) is 22.9 Å². The highest BCUT2D eigenvalue weighted by Gasteiger charge is 2.28. The van der Waals surface area contributed by atoms with Crippen LogP contribution in [0.5, 0.6) is 0 Å². The lowest BCUT2D eigenvalue weighted by Gasteiger charge is -2.40. The number of aliphatic hydroxyl groups is 1. The van der Waals surface area contributed by atoms with Crippen LogP contribution in [0.1, 0.15) is 66.2 Å². The van der Waals surface area contributed by atoms with Crippen LogP contribution in [0.15, 0.2) is 0 Å². The van der Waals surface area contributed by atoms with Crippen LogP contribution in [0.25, 0.3) is 0 Å². The second kappa shape index (κ2) is 10.6. The SMILES string of the molecule is CC(C)CCN(CCC[N+]1(CO)CCCCC1)CCC(C)C. The molecule has 0 aromatic heterocycles. The van der Waals surface area contributed by atoms with Crippen molar-refractivity contribution in [3.63, 3.8) is 0 Å². The molecule has 3 nitrogen and oxygen atoms in total. The molecular formula is C19H41N2O+. The lowest BCUT2D eigenvalue weighted by Crippen LogP contribution is -2.53. The smallest absolute Gasteiger partial charge is 0.180 e. The first-order valence-corrected chi connectivity index (χ1v) is 9.66. The van der Waals surface area contributed by atoms with Gasteiger partial charge in [-0.25, -0.2) is 0 Å². The average Bonchev–Trinajstić information content (AvgIpc) is 2.50. The largest absolute Gasteiger partial charge is 0.347 e. The van der Waals surface area contributed by atoms with Crippen molar-refractivity contribution < 1.29 is 9.59 Å². The first-order valence-electron chi connectivity index (χ1n) is 9.66. The Morgan fingerprint density at radius 1 is 0.864 bits per heavy atom. The molecule has 1 saturated heterocycles. The normalized spacial score (nSPS) is 18.5. The molecule has 1 N–H and O–H groups in total. The molecule has 0 spiro atoms. The molecule has 0 aromatic rings. The summed E-state index contributed by atoms with van der Waals surface area (Å²) >= 11 is 0. The van der Waals surface area contributed by atoms with Crippen molar-refractivity contribution in [2.24, 2.45) is 11.8 Å². The number of quaternary nitrogens is 1. The standard InChI is InChI=1S/C19H41N2O/c1-18(2)9-12-20(13-10-19(3)4)11-8-16-21(17-22)14-6-5-7-15-21/h18-19,22H,5-17H2,1-4H3/q+1. The summed E-state index contributed by atoms with van der Waals surface area (Å²) in [5.41, 5.74) is 0. The van der Waals surface area contributed by atoms with Crippen LogP contribution < -0.4 is 0 Å². The van der Waals surface area contributed by atoms with Crippen LogP contribution in [0.4, 0.5) is 0 Å². The maximum Gasteiger partial charge on any atom is 0.180 e. The third kappa shape index (κ3) is 7.94. The highest BCUT2D eigenvalue weighted by Crippen LogP contribution is 2.19. The number of rotatable bonds is 11. The van der Waals surface area contributed by atoms with Gasteiger partial charge in [0.2, 0.25) is 0 Å². The van der Waals surface area contributed by atoms with E-state index in [0.29, 0.717) is 6.73 Å². The Morgan fingerprint density at radius 3 is 1.86 bits per heavy atom. The summed E-state index contributed by atoms with van der Waals surface area (Å²) in [4.78, 5) is 2.66. The van der Waals surface area contributed by atoms with E-state index in [-0.39, 0.29) is 0 Å². The quantitative estimate of drug-likeness (QED) is 0.588. The summed E-state index contributed by atoms with van der Waals surface area (Å²) in [6.07, 6.45) is 7.79. The van der Waals surface area contributed by atoms with Crippen molar-refractivity contribution in [1.29, 1.82) is 0 Å². The summed E-state index contributed by atoms with van der Waals surface area (Å²) < 4.78 is 0.961. The fourth-order valence-electron chi connectivity index (χ4n) is 3.47. The second-order valence-corrected chi connectivity index (χ2v) is 8.27. The Kier molecular flexibility index (Phi) is 9.62. The summed E-state index contributed by atoms with van der Waals surface area (Å²) in [5, 5.41) is 9.82. The third-order valence-electron chi connectivity index (χ3n) is 5.22. The van der Waals surface area contributed by atoms with E-state index in [1.165, 1.54) is 71.2 Å². The fourth-order valence-corrected chi connectivity index (χ4v) is 3.47. The van der Waals surface area contributed by atoms with Crippen molar-refractivity contribution in [1.82, 2.24) is 4.90 Å². The summed E-state index contributed by atoms with van der Waals surface area (Å²) in [5.74, 6) is 1.58. The van der Waals surface area contributed by atoms with E-state index < -0.39 is 0 Å². The summed E-state index contributed by atoms with van der Waals surface area (Å²) in [7, 11) is 0. The Morgan fingerprint density at radius 2 is 1.41 bits per heavy atom. The molecule has 0 amide bonds. The van der Waals surface area contributed by atoms with Gasteiger partial charge in [-0.2, -0.15) is 0 Å². The maximum atomic E-state index is 9.82. The molecular weight excluding hydrogens is 272 g/mol. The van der Waals surface area contributed by atoms with Gasteiger partial charge in [0.05, 0.1) is 19.6 Å². The lowest BCUT2D eigenvalue weighted by molar-refractivity contribution is -0.949. The maximum absolute atomic E-state index is 9.82. The Bertz CT molecular complexity index is 261. The minimum atomic E-state index is 0.345. The molecule has 1 fully saturated rings. The zero-order valence-electron chi connectivity index (χ0n) is 15.7. The number of likely N-dealkylation sites (tertiary alicyclic amines) is 1. The molecule has 0 atom stereocenters. The third-order valence-corrected chi connectivity index (χ3v) is 5.22. The molecule has 0 radical (unpaired) electrons. The van der Waals surface area contributed by atoms with Gasteiger partial charge in [-0.3, -0.25) is 0 Å². The van der Waals surface area contributed by atoms with E-state index >= 15 is 0 Å². The van der Waals surface area contributed by atoms with E-state index in [1.807, 2.05) is 0 Å². The Balaban J connectivity index is 2.36. The number of piperidine rings is 1. The van der Waals surface area contributed by atoms with Gasteiger partial charge in [0.15, 0.2) is 6.73 Å². The molecule has 0 aromatic carbocycles. The number of aliphatic hydroxyl groups excluding tert-OH is 1. The van der Waals surface area contributed by atoms with Crippen LogP contribution in [0.2, 0.25) is 0 Å². The molecule has 0 aliphatic carbocycles. The van der Waals surface area contributed by atoms with Gasteiger partial charge in [0.1, 0.15) is 0 Å². The van der Waals surface area contributed by atoms with E-state index in [1.54, 1.807) is 0 Å². The minimum Gasteiger partial charge on any atom is -0.347 e. The first kappa shape index (κ1) is 19.9. The van der Waals surface area contributed by atoms with Crippen molar-refractivity contribution in [2.45, 2.75) is 66.2 Å². The Hall–Kier alpha value is -0.120. The van der Waals surface area contributed by atoms with E-state index in [2.05, 4.69) is 32.6 Å². The summed E-state index contributed by atoms with van der Waals surface area (Å²) in [6.45, 7) is 16.9. The van der Waals surface area contributed by atoms with E-state index in [4.69, 9.17) is 0 Å².